The molecule has 0 saturated carbocycles. The second kappa shape index (κ2) is 8.96. The molecule has 2 aromatic carbocycles. The van der Waals surface area contributed by atoms with Crippen molar-refractivity contribution in [3.05, 3.63) is 64.7 Å². The first kappa shape index (κ1) is 21.8. The molecule has 0 radical (unpaired) electrons. The van der Waals surface area contributed by atoms with Gasteiger partial charge in [0.25, 0.3) is 0 Å². The normalized spacial score (nSPS) is 20.6. The minimum absolute atomic E-state index is 0.0225. The van der Waals surface area contributed by atoms with E-state index in [-0.39, 0.29) is 12.0 Å². The predicted molar refractivity (Wildman–Crippen MR) is 117 cm³/mol. The lowest BCUT2D eigenvalue weighted by atomic mass is 9.72. The lowest BCUT2D eigenvalue weighted by Gasteiger charge is -2.49. The lowest BCUT2D eigenvalue weighted by molar-refractivity contribution is -0.330. The minimum Gasteiger partial charge on any atom is -0.441 e. The number of nitrogens with zero attached hydrogens (tertiary/aromatic N) is 2. The highest BCUT2D eigenvalue weighted by atomic mass is 17.2. The van der Waals surface area contributed by atoms with Crippen LogP contribution in [0.25, 0.3) is 0 Å². The molecule has 31 heavy (non-hydrogen) atoms. The average Bonchev–Trinajstić information content (AvgIpc) is 3.11. The predicted octanol–water partition coefficient (Wildman–Crippen LogP) is 3.30. The Labute approximate surface area is 183 Å². The SMILES string of the molecule is Cc1cc(N2CC(CO)OC2=O)cc(C)c1C1(C)CN(COOCc2ccccc2)C1. The Hall–Kier alpha value is -2.45. The number of hydrogen-bond acceptors (Lipinski definition) is 6. The van der Waals surface area contributed by atoms with Crippen molar-refractivity contribution in [1.82, 2.24) is 4.90 Å². The molecule has 1 amide bonds. The first-order valence-corrected chi connectivity index (χ1v) is 10.6. The third-order valence-electron chi connectivity index (χ3n) is 6.04. The third kappa shape index (κ3) is 4.60. The number of benzene rings is 2. The molecular formula is C24H30N2O5. The van der Waals surface area contributed by atoms with Crippen LogP contribution in [0, 0.1) is 13.8 Å². The van der Waals surface area contributed by atoms with Gasteiger partial charge < -0.3 is 9.84 Å². The number of rotatable bonds is 8. The van der Waals surface area contributed by atoms with Gasteiger partial charge in [0, 0.05) is 24.2 Å². The number of anilines is 1. The number of carbonyl (C=O) groups is 1. The first-order chi connectivity index (χ1) is 14.9. The zero-order valence-corrected chi connectivity index (χ0v) is 18.3. The Morgan fingerprint density at radius 1 is 1.13 bits per heavy atom. The van der Waals surface area contributed by atoms with Gasteiger partial charge in [0.05, 0.1) is 13.2 Å². The van der Waals surface area contributed by atoms with Crippen molar-refractivity contribution < 1.29 is 24.4 Å². The topological polar surface area (TPSA) is 71.5 Å². The zero-order chi connectivity index (χ0) is 22.0. The zero-order valence-electron chi connectivity index (χ0n) is 18.3. The summed E-state index contributed by atoms with van der Waals surface area (Å²) in [6.07, 6.45) is -0.867. The molecule has 1 unspecified atom stereocenters. The summed E-state index contributed by atoms with van der Waals surface area (Å²) in [4.78, 5) is 26.7. The van der Waals surface area contributed by atoms with Crippen LogP contribution in [0.3, 0.4) is 0 Å². The van der Waals surface area contributed by atoms with Crippen LogP contribution in [-0.4, -0.2) is 55.2 Å². The molecule has 2 aliphatic heterocycles. The quantitative estimate of drug-likeness (QED) is 0.397. The largest absolute Gasteiger partial charge is 0.441 e. The number of cyclic esters (lactones) is 1. The van der Waals surface area contributed by atoms with E-state index in [0.29, 0.717) is 19.9 Å². The summed E-state index contributed by atoms with van der Waals surface area (Å²) in [7, 11) is 0. The Morgan fingerprint density at radius 2 is 1.81 bits per heavy atom. The van der Waals surface area contributed by atoms with E-state index in [9.17, 15) is 9.90 Å². The number of ether oxygens (including phenoxy) is 1. The summed E-state index contributed by atoms with van der Waals surface area (Å²) in [6.45, 7) is 9.26. The van der Waals surface area contributed by atoms with E-state index in [0.717, 1.165) is 35.5 Å². The van der Waals surface area contributed by atoms with Gasteiger partial charge >= 0.3 is 6.09 Å². The third-order valence-corrected chi connectivity index (χ3v) is 6.04. The molecule has 1 N–H and O–H groups in total. The maximum Gasteiger partial charge on any atom is 0.414 e. The highest BCUT2D eigenvalue weighted by Gasteiger charge is 2.42. The van der Waals surface area contributed by atoms with Crippen molar-refractivity contribution in [2.75, 3.05) is 37.9 Å². The number of hydrogen-bond donors (Lipinski definition) is 1. The van der Waals surface area contributed by atoms with E-state index in [1.807, 2.05) is 42.5 Å². The van der Waals surface area contributed by atoms with Crippen LogP contribution < -0.4 is 4.90 Å². The first-order valence-electron chi connectivity index (χ1n) is 10.6. The van der Waals surface area contributed by atoms with Crippen molar-refractivity contribution >= 4 is 11.8 Å². The Kier molecular flexibility index (Phi) is 6.29. The molecule has 0 bridgehead atoms. The molecule has 0 aromatic heterocycles. The molecule has 4 rings (SSSR count). The van der Waals surface area contributed by atoms with Crippen molar-refractivity contribution in [1.29, 1.82) is 0 Å². The van der Waals surface area contributed by atoms with Crippen molar-refractivity contribution in [2.24, 2.45) is 0 Å². The second-order valence-electron chi connectivity index (χ2n) is 8.80. The van der Waals surface area contributed by atoms with E-state index in [2.05, 4.69) is 25.7 Å². The summed E-state index contributed by atoms with van der Waals surface area (Å²) in [6, 6.07) is 14.0. The minimum atomic E-state index is -0.463. The van der Waals surface area contributed by atoms with Crippen LogP contribution in [0.5, 0.6) is 0 Å². The fraction of sp³-hybridized carbons (Fsp3) is 0.458. The highest BCUT2D eigenvalue weighted by molar-refractivity contribution is 5.90. The summed E-state index contributed by atoms with van der Waals surface area (Å²) in [5.74, 6) is 0. The Balaban J connectivity index is 1.34. The van der Waals surface area contributed by atoms with Gasteiger partial charge in [0.1, 0.15) is 19.4 Å². The molecule has 2 saturated heterocycles. The Bertz CT molecular complexity index is 904. The van der Waals surface area contributed by atoms with Gasteiger partial charge in [0.2, 0.25) is 0 Å². The molecule has 2 fully saturated rings. The summed E-state index contributed by atoms with van der Waals surface area (Å²) < 4.78 is 5.18. The molecule has 0 aliphatic carbocycles. The van der Waals surface area contributed by atoms with Gasteiger partial charge in [-0.15, -0.1) is 0 Å². The molecule has 2 aromatic rings. The van der Waals surface area contributed by atoms with Gasteiger partial charge in [0.15, 0.2) is 0 Å². The second-order valence-corrected chi connectivity index (χ2v) is 8.80. The van der Waals surface area contributed by atoms with Gasteiger partial charge in [-0.2, -0.15) is 0 Å². The molecule has 166 valence electrons. The van der Waals surface area contributed by atoms with Crippen LogP contribution in [0.4, 0.5) is 10.5 Å². The molecule has 7 heteroatoms. The van der Waals surface area contributed by atoms with Gasteiger partial charge in [-0.25, -0.2) is 14.6 Å². The van der Waals surface area contributed by atoms with E-state index in [1.54, 1.807) is 4.90 Å². The molecule has 1 atom stereocenters. The molecule has 2 aliphatic rings. The van der Waals surface area contributed by atoms with Gasteiger partial charge in [-0.3, -0.25) is 9.80 Å². The Morgan fingerprint density at radius 3 is 2.42 bits per heavy atom. The maximum atomic E-state index is 12.1. The number of aliphatic hydroxyl groups excluding tert-OH is 1. The van der Waals surface area contributed by atoms with E-state index in [1.165, 1.54) is 5.56 Å². The van der Waals surface area contributed by atoms with Crippen LogP contribution in [0.1, 0.15) is 29.2 Å². The van der Waals surface area contributed by atoms with Crippen LogP contribution in [0.15, 0.2) is 42.5 Å². The summed E-state index contributed by atoms with van der Waals surface area (Å²) >= 11 is 0. The van der Waals surface area contributed by atoms with Crippen molar-refractivity contribution in [2.45, 2.75) is 38.9 Å². The standard InChI is InChI=1S/C24H30N2O5/c1-17-9-20(26-11-21(12-27)31-23(26)28)10-18(2)22(17)24(3)14-25(15-24)16-30-29-13-19-7-5-4-6-8-19/h4-10,21,27H,11-16H2,1-3H3. The summed E-state index contributed by atoms with van der Waals surface area (Å²) in [5, 5.41) is 9.28. The van der Waals surface area contributed by atoms with Gasteiger partial charge in [-0.1, -0.05) is 37.3 Å². The number of aliphatic hydroxyl groups is 1. The van der Waals surface area contributed by atoms with Crippen molar-refractivity contribution in [3.63, 3.8) is 0 Å². The van der Waals surface area contributed by atoms with Crippen LogP contribution >= 0.6 is 0 Å². The highest BCUT2D eigenvalue weighted by Crippen LogP contribution is 2.39. The number of amides is 1. The monoisotopic (exact) mass is 426 g/mol. The molecule has 0 spiro atoms. The molecule has 2 heterocycles. The maximum absolute atomic E-state index is 12.1. The smallest absolute Gasteiger partial charge is 0.414 e. The number of carbonyl (C=O) groups excluding carboxylic acids is 1. The van der Waals surface area contributed by atoms with E-state index >= 15 is 0 Å². The van der Waals surface area contributed by atoms with E-state index in [4.69, 9.17) is 14.5 Å². The number of likely N-dealkylation sites (tertiary alicyclic amines) is 1. The van der Waals surface area contributed by atoms with Crippen LogP contribution in [-0.2, 0) is 26.5 Å². The lowest BCUT2D eigenvalue weighted by Crippen LogP contribution is -2.58. The molecular weight excluding hydrogens is 396 g/mol. The van der Waals surface area contributed by atoms with Crippen molar-refractivity contribution in [3.8, 4) is 0 Å². The number of aryl methyl sites for hydroxylation is 2. The molecule has 7 nitrogen and oxygen atoms in total. The fourth-order valence-electron chi connectivity index (χ4n) is 4.86. The van der Waals surface area contributed by atoms with Gasteiger partial charge in [-0.05, 0) is 48.2 Å². The average molecular weight is 427 g/mol. The van der Waals surface area contributed by atoms with E-state index < -0.39 is 12.2 Å². The summed E-state index contributed by atoms with van der Waals surface area (Å²) in [5.41, 5.74) is 5.53. The van der Waals surface area contributed by atoms with Crippen LogP contribution in [0.2, 0.25) is 0 Å². The fourth-order valence-corrected chi connectivity index (χ4v) is 4.86.